The van der Waals surface area contributed by atoms with E-state index in [9.17, 15) is 0 Å². The van der Waals surface area contributed by atoms with Crippen LogP contribution in [0.1, 0.15) is 25.0 Å². The molecule has 0 amide bonds. The lowest BCUT2D eigenvalue weighted by atomic mass is 10.1. The smallest absolute Gasteiger partial charge is 0.0556 e. The number of aliphatic hydroxyl groups is 1. The summed E-state index contributed by atoms with van der Waals surface area (Å²) < 4.78 is 0. The van der Waals surface area contributed by atoms with E-state index in [0.29, 0.717) is 6.54 Å². The molecule has 2 heteroatoms. The lowest BCUT2D eigenvalue weighted by Crippen LogP contribution is -2.17. The zero-order chi connectivity index (χ0) is 10.8. The van der Waals surface area contributed by atoms with Crippen molar-refractivity contribution in [2.24, 2.45) is 0 Å². The van der Waals surface area contributed by atoms with Gasteiger partial charge in [0.25, 0.3) is 0 Å². The standard InChI is InChI=1S/C10H15NO.C2H6/c1-9-3-2-4-10(7-9)8-11-5-6-12;1-2/h2-4,7,11-12H,5-6,8H2,1H3;1-2H3. The van der Waals surface area contributed by atoms with E-state index in [-0.39, 0.29) is 6.61 Å². The fourth-order valence-electron chi connectivity index (χ4n) is 1.13. The highest BCUT2D eigenvalue weighted by Crippen LogP contribution is 2.02. The molecule has 0 bridgehead atoms. The van der Waals surface area contributed by atoms with Gasteiger partial charge in [-0.1, -0.05) is 43.7 Å². The first-order valence-electron chi connectivity index (χ1n) is 5.20. The van der Waals surface area contributed by atoms with Crippen LogP contribution in [0.3, 0.4) is 0 Å². The highest BCUT2D eigenvalue weighted by Gasteiger charge is 1.91. The average Bonchev–Trinajstić information content (AvgIpc) is 2.21. The Kier molecular flexibility index (Phi) is 8.19. The molecule has 0 saturated carbocycles. The summed E-state index contributed by atoms with van der Waals surface area (Å²) in [4.78, 5) is 0. The molecule has 0 aliphatic heterocycles. The molecule has 0 radical (unpaired) electrons. The largest absolute Gasteiger partial charge is 0.395 e. The quantitative estimate of drug-likeness (QED) is 0.721. The van der Waals surface area contributed by atoms with Crippen molar-refractivity contribution in [1.29, 1.82) is 0 Å². The third-order valence-electron chi connectivity index (χ3n) is 1.70. The van der Waals surface area contributed by atoms with E-state index in [2.05, 4.69) is 30.4 Å². The van der Waals surface area contributed by atoms with Crippen molar-refractivity contribution in [2.45, 2.75) is 27.3 Å². The Bertz CT molecular complexity index is 236. The van der Waals surface area contributed by atoms with Crippen LogP contribution in [-0.4, -0.2) is 18.3 Å². The fraction of sp³-hybridized carbons (Fsp3) is 0.500. The maximum Gasteiger partial charge on any atom is 0.0556 e. The van der Waals surface area contributed by atoms with Gasteiger partial charge in [0, 0.05) is 13.1 Å². The van der Waals surface area contributed by atoms with Crippen LogP contribution in [0.15, 0.2) is 24.3 Å². The molecule has 0 aliphatic rings. The molecule has 1 aromatic carbocycles. The van der Waals surface area contributed by atoms with Crippen LogP contribution in [-0.2, 0) is 6.54 Å². The third-order valence-corrected chi connectivity index (χ3v) is 1.70. The zero-order valence-corrected chi connectivity index (χ0v) is 9.38. The van der Waals surface area contributed by atoms with Gasteiger partial charge >= 0.3 is 0 Å². The highest BCUT2D eigenvalue weighted by molar-refractivity contribution is 5.21. The van der Waals surface area contributed by atoms with Crippen LogP contribution in [0, 0.1) is 6.92 Å². The number of aliphatic hydroxyl groups excluding tert-OH is 1. The molecule has 0 aromatic heterocycles. The lowest BCUT2D eigenvalue weighted by molar-refractivity contribution is 0.292. The van der Waals surface area contributed by atoms with E-state index >= 15 is 0 Å². The number of benzene rings is 1. The topological polar surface area (TPSA) is 32.3 Å². The number of hydrogen-bond acceptors (Lipinski definition) is 2. The molecule has 14 heavy (non-hydrogen) atoms. The van der Waals surface area contributed by atoms with Crippen molar-refractivity contribution in [3.05, 3.63) is 35.4 Å². The normalized spacial score (nSPS) is 9.14. The molecule has 0 fully saturated rings. The Balaban J connectivity index is 0.000000791. The molecule has 0 saturated heterocycles. The molecular weight excluding hydrogens is 174 g/mol. The first-order valence-corrected chi connectivity index (χ1v) is 5.20. The van der Waals surface area contributed by atoms with Gasteiger partial charge in [-0.05, 0) is 12.5 Å². The minimum Gasteiger partial charge on any atom is -0.395 e. The van der Waals surface area contributed by atoms with E-state index < -0.39 is 0 Å². The van der Waals surface area contributed by atoms with Crippen LogP contribution >= 0.6 is 0 Å². The number of aryl methyl sites for hydroxylation is 1. The van der Waals surface area contributed by atoms with Gasteiger partial charge < -0.3 is 10.4 Å². The fourth-order valence-corrected chi connectivity index (χ4v) is 1.13. The Hall–Kier alpha value is -0.860. The van der Waals surface area contributed by atoms with Crippen molar-refractivity contribution in [3.8, 4) is 0 Å². The molecule has 2 N–H and O–H groups in total. The lowest BCUT2D eigenvalue weighted by Gasteiger charge is -2.03. The summed E-state index contributed by atoms with van der Waals surface area (Å²) in [6.45, 7) is 7.78. The summed E-state index contributed by atoms with van der Waals surface area (Å²) in [5, 5.41) is 11.7. The maximum absolute atomic E-state index is 8.54. The molecule has 1 rings (SSSR count). The molecular formula is C12H21NO. The van der Waals surface area contributed by atoms with Crippen molar-refractivity contribution >= 4 is 0 Å². The van der Waals surface area contributed by atoms with Crippen LogP contribution in [0.4, 0.5) is 0 Å². The van der Waals surface area contributed by atoms with Crippen molar-refractivity contribution in [3.63, 3.8) is 0 Å². The second kappa shape index (κ2) is 8.73. The van der Waals surface area contributed by atoms with Crippen LogP contribution in [0.25, 0.3) is 0 Å². The van der Waals surface area contributed by atoms with Gasteiger partial charge in [0.05, 0.1) is 6.61 Å². The molecule has 0 atom stereocenters. The molecule has 80 valence electrons. The van der Waals surface area contributed by atoms with Gasteiger partial charge in [0.15, 0.2) is 0 Å². The first-order chi connectivity index (χ1) is 6.83. The second-order valence-corrected chi connectivity index (χ2v) is 2.89. The number of hydrogen-bond donors (Lipinski definition) is 2. The molecule has 2 nitrogen and oxygen atoms in total. The highest BCUT2D eigenvalue weighted by atomic mass is 16.3. The van der Waals surface area contributed by atoms with Crippen LogP contribution in [0.2, 0.25) is 0 Å². The molecule has 0 unspecified atom stereocenters. The van der Waals surface area contributed by atoms with E-state index in [1.807, 2.05) is 19.9 Å². The van der Waals surface area contributed by atoms with Gasteiger partial charge in [-0.15, -0.1) is 0 Å². The van der Waals surface area contributed by atoms with Gasteiger partial charge in [0.1, 0.15) is 0 Å². The molecule has 0 heterocycles. The Morgan fingerprint density at radius 2 is 2.00 bits per heavy atom. The van der Waals surface area contributed by atoms with Crippen LogP contribution in [0.5, 0.6) is 0 Å². The summed E-state index contributed by atoms with van der Waals surface area (Å²) in [5.74, 6) is 0. The summed E-state index contributed by atoms with van der Waals surface area (Å²) in [6, 6.07) is 8.35. The van der Waals surface area contributed by atoms with E-state index in [1.54, 1.807) is 0 Å². The van der Waals surface area contributed by atoms with Crippen molar-refractivity contribution < 1.29 is 5.11 Å². The summed E-state index contributed by atoms with van der Waals surface area (Å²) >= 11 is 0. The minimum atomic E-state index is 0.200. The van der Waals surface area contributed by atoms with E-state index in [1.165, 1.54) is 11.1 Å². The monoisotopic (exact) mass is 195 g/mol. The van der Waals surface area contributed by atoms with Gasteiger partial charge in [0.2, 0.25) is 0 Å². The number of rotatable bonds is 4. The number of nitrogens with one attached hydrogen (secondary N) is 1. The van der Waals surface area contributed by atoms with Gasteiger partial charge in [-0.2, -0.15) is 0 Å². The molecule has 0 aliphatic carbocycles. The van der Waals surface area contributed by atoms with Crippen molar-refractivity contribution in [1.82, 2.24) is 5.32 Å². The van der Waals surface area contributed by atoms with Crippen LogP contribution < -0.4 is 5.32 Å². The zero-order valence-electron chi connectivity index (χ0n) is 9.38. The molecule has 0 spiro atoms. The van der Waals surface area contributed by atoms with Gasteiger partial charge in [-0.25, -0.2) is 0 Å². The van der Waals surface area contributed by atoms with Gasteiger partial charge in [-0.3, -0.25) is 0 Å². The average molecular weight is 195 g/mol. The SMILES string of the molecule is CC.Cc1cccc(CNCCO)c1. The first kappa shape index (κ1) is 13.1. The van der Waals surface area contributed by atoms with Crippen molar-refractivity contribution in [2.75, 3.05) is 13.2 Å². The predicted octanol–water partition coefficient (Wildman–Crippen LogP) is 2.10. The predicted molar refractivity (Wildman–Crippen MR) is 61.3 cm³/mol. The van der Waals surface area contributed by atoms with E-state index in [4.69, 9.17) is 5.11 Å². The van der Waals surface area contributed by atoms with E-state index in [0.717, 1.165) is 6.54 Å². The summed E-state index contributed by atoms with van der Waals surface area (Å²) in [6.07, 6.45) is 0. The Morgan fingerprint density at radius 3 is 2.57 bits per heavy atom. The maximum atomic E-state index is 8.54. The summed E-state index contributed by atoms with van der Waals surface area (Å²) in [7, 11) is 0. The Labute approximate surface area is 87.0 Å². The Morgan fingerprint density at radius 1 is 1.29 bits per heavy atom. The third kappa shape index (κ3) is 5.73. The molecule has 1 aromatic rings. The summed E-state index contributed by atoms with van der Waals surface area (Å²) in [5.41, 5.74) is 2.54. The minimum absolute atomic E-state index is 0.200. The second-order valence-electron chi connectivity index (χ2n) is 2.89.